The molecule has 30 heavy (non-hydrogen) atoms. The number of rotatable bonds is 7. The Kier molecular flexibility index (Phi) is 5.99. The van der Waals surface area contributed by atoms with Gasteiger partial charge in [-0.15, -0.1) is 0 Å². The van der Waals surface area contributed by atoms with E-state index in [0.29, 0.717) is 0 Å². The summed E-state index contributed by atoms with van der Waals surface area (Å²) in [4.78, 5) is 22.8. The van der Waals surface area contributed by atoms with Gasteiger partial charge < -0.3 is 10.1 Å². The lowest BCUT2D eigenvalue weighted by Gasteiger charge is -2.18. The summed E-state index contributed by atoms with van der Waals surface area (Å²) in [6.07, 6.45) is 0. The number of carbonyl (C=O) groups excluding carboxylic acids is 1. The van der Waals surface area contributed by atoms with E-state index >= 15 is 0 Å². The van der Waals surface area contributed by atoms with Crippen molar-refractivity contribution >= 4 is 38.1 Å². The molecule has 0 heterocycles. The molecule has 0 unspecified atom stereocenters. The second-order valence-corrected chi connectivity index (χ2v) is 8.50. The summed E-state index contributed by atoms with van der Waals surface area (Å²) in [5, 5.41) is 15.1. The van der Waals surface area contributed by atoms with Crippen LogP contribution in [0.25, 0.3) is 10.8 Å². The topological polar surface area (TPSA) is 119 Å². The van der Waals surface area contributed by atoms with Gasteiger partial charge in [0.25, 0.3) is 5.69 Å². The molecule has 0 fully saturated rings. The maximum Gasteiger partial charge on any atom is 0.271 e. The number of amides is 1. The number of fused-ring (bicyclic) bond motifs is 1. The molecule has 10 heteroatoms. The van der Waals surface area contributed by atoms with Crippen LogP contribution in [-0.4, -0.2) is 44.3 Å². The summed E-state index contributed by atoms with van der Waals surface area (Å²) < 4.78 is 31.7. The fourth-order valence-corrected chi connectivity index (χ4v) is 4.05. The second-order valence-electron chi connectivity index (χ2n) is 6.46. The zero-order valence-corrected chi connectivity index (χ0v) is 17.0. The quantitative estimate of drug-likeness (QED) is 0.455. The Bertz CT molecular complexity index is 1230. The summed E-state index contributed by atoms with van der Waals surface area (Å²) in [6.45, 7) is -0.485. The molecule has 0 spiro atoms. The third-order valence-electron chi connectivity index (χ3n) is 4.46. The lowest BCUT2D eigenvalue weighted by Crippen LogP contribution is -2.35. The molecule has 0 saturated carbocycles. The number of non-ortho nitro benzene ring substituents is 1. The van der Waals surface area contributed by atoms with Crippen molar-refractivity contribution in [2.24, 2.45) is 0 Å². The highest BCUT2D eigenvalue weighted by Crippen LogP contribution is 2.29. The van der Waals surface area contributed by atoms with Gasteiger partial charge in [-0.05, 0) is 29.0 Å². The molecule has 0 aliphatic carbocycles. The van der Waals surface area contributed by atoms with Crippen molar-refractivity contribution < 1.29 is 22.9 Å². The monoisotopic (exact) mass is 429 g/mol. The Morgan fingerprint density at radius 2 is 1.80 bits per heavy atom. The molecule has 1 N–H and O–H groups in total. The van der Waals surface area contributed by atoms with Crippen molar-refractivity contribution in [3.63, 3.8) is 0 Å². The van der Waals surface area contributed by atoms with Gasteiger partial charge in [-0.25, -0.2) is 8.42 Å². The fourth-order valence-electron chi connectivity index (χ4n) is 2.89. The largest absolute Gasteiger partial charge is 0.495 e. The average molecular weight is 429 g/mol. The number of hydrogen-bond donors (Lipinski definition) is 1. The Morgan fingerprint density at radius 1 is 1.10 bits per heavy atom. The number of likely N-dealkylation sites (N-methyl/N-ethyl adjacent to an activating group) is 1. The van der Waals surface area contributed by atoms with E-state index in [1.165, 1.54) is 32.4 Å². The highest BCUT2D eigenvalue weighted by Gasteiger charge is 2.24. The number of hydrogen-bond acceptors (Lipinski definition) is 6. The number of nitrogens with one attached hydrogen (secondary N) is 1. The van der Waals surface area contributed by atoms with Gasteiger partial charge in [0.05, 0.1) is 29.2 Å². The first kappa shape index (κ1) is 21.2. The van der Waals surface area contributed by atoms with Gasteiger partial charge in [0, 0.05) is 19.2 Å². The van der Waals surface area contributed by atoms with Gasteiger partial charge in [-0.3, -0.25) is 14.9 Å². The summed E-state index contributed by atoms with van der Waals surface area (Å²) in [6, 6.07) is 15.8. The van der Waals surface area contributed by atoms with Gasteiger partial charge in [0.15, 0.2) is 0 Å². The molecule has 3 aromatic carbocycles. The SMILES string of the molecule is COc1ccc([N+](=O)[O-])cc1NC(=O)CN(C)S(=O)(=O)c1ccc2ccccc2c1. The highest BCUT2D eigenvalue weighted by atomic mass is 32.2. The molecule has 1 amide bonds. The molecule has 0 aliphatic heterocycles. The van der Waals surface area contributed by atoms with Crippen LogP contribution < -0.4 is 10.1 Å². The molecule has 3 rings (SSSR count). The predicted octanol–water partition coefficient (Wildman–Crippen LogP) is 3.02. The number of carbonyl (C=O) groups is 1. The molecule has 3 aromatic rings. The minimum atomic E-state index is -3.92. The van der Waals surface area contributed by atoms with E-state index in [0.717, 1.165) is 21.1 Å². The van der Waals surface area contributed by atoms with Gasteiger partial charge in [0.2, 0.25) is 15.9 Å². The zero-order chi connectivity index (χ0) is 21.9. The Labute approximate surface area is 173 Å². The molecule has 0 bridgehead atoms. The number of methoxy groups -OCH3 is 1. The van der Waals surface area contributed by atoms with E-state index in [-0.39, 0.29) is 22.0 Å². The molecule has 9 nitrogen and oxygen atoms in total. The van der Waals surface area contributed by atoms with E-state index in [4.69, 9.17) is 4.74 Å². The van der Waals surface area contributed by atoms with Crippen molar-refractivity contribution in [3.8, 4) is 5.75 Å². The van der Waals surface area contributed by atoms with Crippen LogP contribution in [0.1, 0.15) is 0 Å². The van der Waals surface area contributed by atoms with E-state index in [1.54, 1.807) is 18.2 Å². The summed E-state index contributed by atoms with van der Waals surface area (Å²) in [5.74, 6) is -0.449. The third-order valence-corrected chi connectivity index (χ3v) is 6.26. The Balaban J connectivity index is 1.79. The maximum absolute atomic E-state index is 12.9. The van der Waals surface area contributed by atoms with E-state index in [1.807, 2.05) is 18.2 Å². The summed E-state index contributed by atoms with van der Waals surface area (Å²) >= 11 is 0. The highest BCUT2D eigenvalue weighted by molar-refractivity contribution is 7.89. The Morgan fingerprint density at radius 3 is 2.47 bits per heavy atom. The van der Waals surface area contributed by atoms with Crippen LogP contribution in [0.3, 0.4) is 0 Å². The summed E-state index contributed by atoms with van der Waals surface area (Å²) in [7, 11) is -1.28. The van der Waals surface area contributed by atoms with Crippen LogP contribution in [0.2, 0.25) is 0 Å². The molecule has 0 saturated heterocycles. The molecule has 0 aliphatic rings. The first-order valence-corrected chi connectivity index (χ1v) is 10.2. The normalized spacial score (nSPS) is 11.4. The second kappa shape index (κ2) is 8.47. The number of nitrogens with zero attached hydrogens (tertiary/aromatic N) is 2. The minimum absolute atomic E-state index is 0.0597. The van der Waals surface area contributed by atoms with E-state index in [9.17, 15) is 23.3 Å². The van der Waals surface area contributed by atoms with Gasteiger partial charge in [-0.1, -0.05) is 30.3 Å². The average Bonchev–Trinajstić information content (AvgIpc) is 2.73. The first-order chi connectivity index (χ1) is 14.2. The van der Waals surface area contributed by atoms with Crippen molar-refractivity contribution in [2.75, 3.05) is 26.0 Å². The van der Waals surface area contributed by atoms with Crippen LogP contribution in [0, 0.1) is 10.1 Å². The molecular weight excluding hydrogens is 410 g/mol. The number of benzene rings is 3. The van der Waals surface area contributed by atoms with Crippen molar-refractivity contribution in [1.29, 1.82) is 0 Å². The lowest BCUT2D eigenvalue weighted by molar-refractivity contribution is -0.384. The third kappa shape index (κ3) is 4.39. The maximum atomic E-state index is 12.9. The lowest BCUT2D eigenvalue weighted by atomic mass is 10.1. The van der Waals surface area contributed by atoms with Crippen LogP contribution in [0.15, 0.2) is 65.6 Å². The fraction of sp³-hybridized carbons (Fsp3) is 0.150. The summed E-state index contributed by atoms with van der Waals surface area (Å²) in [5.41, 5.74) is -0.156. The molecular formula is C20H19N3O6S. The Hall–Kier alpha value is -3.50. The van der Waals surface area contributed by atoms with Crippen molar-refractivity contribution in [2.45, 2.75) is 4.90 Å². The molecule has 156 valence electrons. The van der Waals surface area contributed by atoms with Crippen LogP contribution in [0.5, 0.6) is 5.75 Å². The number of nitro groups is 1. The van der Waals surface area contributed by atoms with E-state index < -0.39 is 27.4 Å². The smallest absolute Gasteiger partial charge is 0.271 e. The molecule has 0 atom stereocenters. The standard InChI is InChI=1S/C20H19N3O6S/c1-22(30(27,28)17-9-7-14-5-3-4-6-15(14)11-17)13-20(24)21-18-12-16(23(25)26)8-10-19(18)29-2/h3-12H,13H2,1-2H3,(H,21,24). The molecule has 0 aromatic heterocycles. The van der Waals surface area contributed by atoms with Crippen molar-refractivity contribution in [3.05, 3.63) is 70.8 Å². The van der Waals surface area contributed by atoms with Crippen molar-refractivity contribution in [1.82, 2.24) is 4.31 Å². The zero-order valence-electron chi connectivity index (χ0n) is 16.2. The van der Waals surface area contributed by atoms with E-state index in [2.05, 4.69) is 5.32 Å². The molecule has 0 radical (unpaired) electrons. The van der Waals surface area contributed by atoms with Crippen LogP contribution in [0.4, 0.5) is 11.4 Å². The number of anilines is 1. The van der Waals surface area contributed by atoms with Crippen LogP contribution >= 0.6 is 0 Å². The van der Waals surface area contributed by atoms with Crippen LogP contribution in [-0.2, 0) is 14.8 Å². The first-order valence-electron chi connectivity index (χ1n) is 8.80. The number of sulfonamides is 1. The predicted molar refractivity (Wildman–Crippen MR) is 112 cm³/mol. The number of nitro benzene ring substituents is 1. The number of ether oxygens (including phenoxy) is 1. The van der Waals surface area contributed by atoms with Gasteiger partial charge >= 0.3 is 0 Å². The van der Waals surface area contributed by atoms with Gasteiger partial charge in [-0.2, -0.15) is 4.31 Å². The van der Waals surface area contributed by atoms with Gasteiger partial charge in [0.1, 0.15) is 5.75 Å². The minimum Gasteiger partial charge on any atom is -0.495 e.